The maximum Gasteiger partial charge on any atom is 0.131 e. The Balaban J connectivity index is 2.55. The van der Waals surface area contributed by atoms with Crippen LogP contribution in [0.15, 0.2) is 6.20 Å². The van der Waals surface area contributed by atoms with Crippen molar-refractivity contribution in [2.45, 2.75) is 32.7 Å². The summed E-state index contributed by atoms with van der Waals surface area (Å²) in [6.07, 6.45) is 4.13. The van der Waals surface area contributed by atoms with Gasteiger partial charge in [-0.3, -0.25) is 0 Å². The van der Waals surface area contributed by atoms with Gasteiger partial charge in [0.05, 0.1) is 6.20 Å². The molecule has 4 heteroatoms. The summed E-state index contributed by atoms with van der Waals surface area (Å²) in [4.78, 5) is 0. The average molecular weight is 193 g/mol. The van der Waals surface area contributed by atoms with Crippen LogP contribution >= 0.6 is 0 Å². The van der Waals surface area contributed by atoms with Gasteiger partial charge in [0, 0.05) is 19.6 Å². The van der Waals surface area contributed by atoms with Gasteiger partial charge in [-0.15, -0.1) is 5.10 Å². The second kappa shape index (κ2) is 6.17. The van der Waals surface area contributed by atoms with E-state index in [1.54, 1.807) is 10.9 Å². The van der Waals surface area contributed by atoms with Crippen molar-refractivity contribution in [3.63, 3.8) is 0 Å². The monoisotopic (exact) mass is 193 g/mol. The van der Waals surface area contributed by atoms with E-state index < -0.39 is 0 Å². The van der Waals surface area contributed by atoms with E-state index in [2.05, 4.69) is 29.1 Å². The third-order valence-corrected chi connectivity index (χ3v) is 1.73. The van der Waals surface area contributed by atoms with Gasteiger partial charge in [0.15, 0.2) is 0 Å². The topological polar surface area (TPSA) is 50.9 Å². The van der Waals surface area contributed by atoms with Crippen LogP contribution in [0.1, 0.15) is 31.9 Å². The van der Waals surface area contributed by atoms with Gasteiger partial charge in [0.25, 0.3) is 0 Å². The number of aryl methyl sites for hydroxylation is 1. The summed E-state index contributed by atoms with van der Waals surface area (Å²) in [5.74, 6) is 5.97. The fourth-order valence-electron chi connectivity index (χ4n) is 1.05. The Labute approximate surface area is 83.9 Å². The molecular formula is C10H15N3O. The molecular weight excluding hydrogens is 178 g/mol. The lowest BCUT2D eigenvalue weighted by Crippen LogP contribution is -2.01. The van der Waals surface area contributed by atoms with E-state index >= 15 is 0 Å². The summed E-state index contributed by atoms with van der Waals surface area (Å²) >= 11 is 0. The van der Waals surface area contributed by atoms with E-state index in [0.29, 0.717) is 6.42 Å². The highest BCUT2D eigenvalue weighted by atomic mass is 16.2. The minimum absolute atomic E-state index is 0.196. The number of nitrogens with zero attached hydrogens (tertiary/aromatic N) is 3. The first-order chi connectivity index (χ1) is 6.88. The predicted molar refractivity (Wildman–Crippen MR) is 53.5 cm³/mol. The lowest BCUT2D eigenvalue weighted by Gasteiger charge is -1.96. The number of aliphatic hydroxyl groups is 1. The average Bonchev–Trinajstić information content (AvgIpc) is 2.61. The van der Waals surface area contributed by atoms with E-state index in [1.165, 1.54) is 0 Å². The summed E-state index contributed by atoms with van der Waals surface area (Å²) in [5, 5.41) is 16.3. The number of unbranched alkanes of at least 4 members (excludes halogenated alkanes) is 1. The second-order valence-electron chi connectivity index (χ2n) is 2.97. The molecule has 0 aliphatic heterocycles. The van der Waals surface area contributed by atoms with Gasteiger partial charge in [0.1, 0.15) is 5.69 Å². The van der Waals surface area contributed by atoms with Gasteiger partial charge in [-0.05, 0) is 18.8 Å². The van der Waals surface area contributed by atoms with Crippen molar-refractivity contribution in [1.82, 2.24) is 15.0 Å². The van der Waals surface area contributed by atoms with E-state index in [0.717, 1.165) is 25.1 Å². The Morgan fingerprint density at radius 1 is 1.57 bits per heavy atom. The van der Waals surface area contributed by atoms with E-state index in [-0.39, 0.29) is 6.61 Å². The zero-order chi connectivity index (χ0) is 10.2. The molecule has 0 aromatic carbocycles. The van der Waals surface area contributed by atoms with Crippen LogP contribution in [0.5, 0.6) is 0 Å². The van der Waals surface area contributed by atoms with Gasteiger partial charge in [0.2, 0.25) is 0 Å². The molecule has 0 aliphatic rings. The van der Waals surface area contributed by atoms with Crippen molar-refractivity contribution in [2.75, 3.05) is 6.61 Å². The van der Waals surface area contributed by atoms with Crippen LogP contribution in [0.25, 0.3) is 0 Å². The van der Waals surface area contributed by atoms with E-state index in [1.807, 2.05) is 0 Å². The van der Waals surface area contributed by atoms with Gasteiger partial charge in [-0.2, -0.15) is 0 Å². The van der Waals surface area contributed by atoms with Crippen LogP contribution in [-0.4, -0.2) is 26.7 Å². The number of aliphatic hydroxyl groups excluding tert-OH is 1. The van der Waals surface area contributed by atoms with E-state index in [9.17, 15) is 0 Å². The predicted octanol–water partition coefficient (Wildman–Crippen LogP) is 0.812. The molecule has 4 nitrogen and oxygen atoms in total. The SMILES string of the molecule is CCCn1nncc1C#CCCCO. The first kappa shape index (κ1) is 10.7. The standard InChI is InChI=1S/C10H15N3O/c1-2-7-13-10(9-11-12-13)6-4-3-5-8-14/h9,14H,2-3,5,7-8H2,1H3. The van der Waals surface area contributed by atoms with Crippen LogP contribution in [0.4, 0.5) is 0 Å². The molecule has 1 aromatic rings. The quantitative estimate of drug-likeness (QED) is 0.568. The molecule has 1 rings (SSSR count). The largest absolute Gasteiger partial charge is 0.396 e. The highest BCUT2D eigenvalue weighted by Crippen LogP contribution is 1.95. The smallest absolute Gasteiger partial charge is 0.131 e. The summed E-state index contributed by atoms with van der Waals surface area (Å²) in [6, 6.07) is 0. The molecule has 0 bridgehead atoms. The summed E-state index contributed by atoms with van der Waals surface area (Å²) < 4.78 is 1.80. The van der Waals surface area contributed by atoms with E-state index in [4.69, 9.17) is 5.11 Å². The minimum Gasteiger partial charge on any atom is -0.396 e. The Morgan fingerprint density at radius 2 is 2.43 bits per heavy atom. The molecule has 1 N–H and O–H groups in total. The maximum atomic E-state index is 8.56. The number of aromatic nitrogens is 3. The first-order valence-corrected chi connectivity index (χ1v) is 4.86. The van der Waals surface area contributed by atoms with Crippen molar-refractivity contribution < 1.29 is 5.11 Å². The summed E-state index contributed by atoms with van der Waals surface area (Å²) in [6.45, 7) is 3.13. The Hall–Kier alpha value is -1.34. The normalized spacial score (nSPS) is 9.57. The number of rotatable bonds is 4. The molecule has 0 unspecified atom stereocenters. The molecule has 0 spiro atoms. The molecule has 76 valence electrons. The lowest BCUT2D eigenvalue weighted by atomic mass is 10.3. The Kier molecular flexibility index (Phi) is 4.73. The van der Waals surface area contributed by atoms with Crippen molar-refractivity contribution in [3.8, 4) is 11.8 Å². The molecule has 0 aliphatic carbocycles. The molecule has 14 heavy (non-hydrogen) atoms. The Bertz CT molecular complexity index is 322. The highest BCUT2D eigenvalue weighted by Gasteiger charge is 1.97. The van der Waals surface area contributed by atoms with Crippen LogP contribution in [0, 0.1) is 11.8 Å². The van der Waals surface area contributed by atoms with Crippen molar-refractivity contribution in [2.24, 2.45) is 0 Å². The molecule has 1 heterocycles. The van der Waals surface area contributed by atoms with Gasteiger partial charge < -0.3 is 5.11 Å². The molecule has 0 fully saturated rings. The minimum atomic E-state index is 0.196. The number of hydrogen-bond acceptors (Lipinski definition) is 3. The second-order valence-corrected chi connectivity index (χ2v) is 2.97. The molecule has 0 saturated carbocycles. The first-order valence-electron chi connectivity index (χ1n) is 4.86. The molecule has 0 saturated heterocycles. The third kappa shape index (κ3) is 3.19. The summed E-state index contributed by atoms with van der Waals surface area (Å²) in [7, 11) is 0. The highest BCUT2D eigenvalue weighted by molar-refractivity contribution is 5.24. The lowest BCUT2D eigenvalue weighted by molar-refractivity contribution is 0.290. The maximum absolute atomic E-state index is 8.56. The van der Waals surface area contributed by atoms with Gasteiger partial charge in [-0.25, -0.2) is 4.68 Å². The van der Waals surface area contributed by atoms with Crippen LogP contribution in [0.3, 0.4) is 0 Å². The zero-order valence-electron chi connectivity index (χ0n) is 8.40. The Morgan fingerprint density at radius 3 is 3.14 bits per heavy atom. The van der Waals surface area contributed by atoms with Gasteiger partial charge >= 0.3 is 0 Å². The number of hydrogen-bond donors (Lipinski definition) is 1. The van der Waals surface area contributed by atoms with Gasteiger partial charge in [-0.1, -0.05) is 18.1 Å². The van der Waals surface area contributed by atoms with Crippen molar-refractivity contribution in [1.29, 1.82) is 0 Å². The van der Waals surface area contributed by atoms with Crippen LogP contribution in [0.2, 0.25) is 0 Å². The van der Waals surface area contributed by atoms with Crippen molar-refractivity contribution >= 4 is 0 Å². The zero-order valence-corrected chi connectivity index (χ0v) is 8.40. The van der Waals surface area contributed by atoms with Crippen LogP contribution < -0.4 is 0 Å². The fourth-order valence-corrected chi connectivity index (χ4v) is 1.05. The van der Waals surface area contributed by atoms with Crippen LogP contribution in [-0.2, 0) is 6.54 Å². The third-order valence-electron chi connectivity index (χ3n) is 1.73. The molecule has 0 amide bonds. The molecule has 1 aromatic heterocycles. The molecule has 0 radical (unpaired) electrons. The molecule has 0 atom stereocenters. The van der Waals surface area contributed by atoms with Crippen molar-refractivity contribution in [3.05, 3.63) is 11.9 Å². The fraction of sp³-hybridized carbons (Fsp3) is 0.600. The summed E-state index contributed by atoms with van der Waals surface area (Å²) in [5.41, 5.74) is 0.852.